The van der Waals surface area contributed by atoms with E-state index >= 15 is 0 Å². The summed E-state index contributed by atoms with van der Waals surface area (Å²) in [5, 5.41) is 7.22. The molecule has 0 unspecified atom stereocenters. The van der Waals surface area contributed by atoms with Crippen molar-refractivity contribution < 1.29 is 9.53 Å². The van der Waals surface area contributed by atoms with Gasteiger partial charge in [-0.25, -0.2) is 14.8 Å². The van der Waals surface area contributed by atoms with Gasteiger partial charge >= 0.3 is 6.09 Å². The lowest BCUT2D eigenvalue weighted by Crippen LogP contribution is -2.24. The van der Waals surface area contributed by atoms with E-state index in [-0.39, 0.29) is 29.1 Å². The third-order valence-electron chi connectivity index (χ3n) is 4.62. The molecule has 5 aromatic rings. The first kappa shape index (κ1) is 24.6. The van der Waals surface area contributed by atoms with Crippen molar-refractivity contribution in [3.8, 4) is 10.3 Å². The average molecular weight is 521 g/mol. The number of nitrogen functional groups attached to an aromatic ring is 1. The molecule has 0 spiro atoms. The number of nitrogens with one attached hydrogen (secondary N) is 1. The first-order valence-electron chi connectivity index (χ1n) is 10.5. The maximum atomic E-state index is 12.3. The SMILES string of the molecule is Nc1cccn(-c2nccs2)c1=O.O=C(Nc1cccn(-c2nccs2)c1=O)OCc1ccccc1. The Morgan fingerprint density at radius 3 is 2.08 bits per heavy atom. The summed E-state index contributed by atoms with van der Waals surface area (Å²) in [7, 11) is 0. The van der Waals surface area contributed by atoms with Crippen molar-refractivity contribution >= 4 is 40.1 Å². The Bertz CT molecular complexity index is 1530. The minimum atomic E-state index is -0.678. The van der Waals surface area contributed by atoms with Gasteiger partial charge in [0.1, 0.15) is 12.3 Å². The zero-order chi connectivity index (χ0) is 25.3. The fraction of sp³-hybridized carbons (Fsp3) is 0.0417. The fourth-order valence-corrected chi connectivity index (χ4v) is 4.19. The summed E-state index contributed by atoms with van der Waals surface area (Å²) in [5.74, 6) is 0. The van der Waals surface area contributed by atoms with Crippen LogP contribution in [0, 0.1) is 0 Å². The summed E-state index contributed by atoms with van der Waals surface area (Å²) in [5.41, 5.74) is 6.13. The number of hydrogen-bond acceptors (Lipinski definition) is 9. The van der Waals surface area contributed by atoms with Gasteiger partial charge in [0.15, 0.2) is 10.3 Å². The predicted octanol–water partition coefficient (Wildman–Crippen LogP) is 3.92. The Morgan fingerprint density at radius 1 is 0.861 bits per heavy atom. The number of carbonyl (C=O) groups excluding carboxylic acids is 1. The second-order valence-electron chi connectivity index (χ2n) is 7.05. The lowest BCUT2D eigenvalue weighted by molar-refractivity contribution is 0.155. The lowest BCUT2D eigenvalue weighted by Gasteiger charge is -2.08. The molecule has 0 saturated carbocycles. The van der Waals surface area contributed by atoms with Gasteiger partial charge in [-0.3, -0.25) is 24.0 Å². The molecule has 0 aliphatic carbocycles. The molecule has 0 aliphatic rings. The van der Waals surface area contributed by atoms with E-state index in [1.165, 1.54) is 37.9 Å². The monoisotopic (exact) mass is 520 g/mol. The van der Waals surface area contributed by atoms with Crippen molar-refractivity contribution in [1.29, 1.82) is 0 Å². The number of aromatic nitrogens is 4. The molecule has 1 amide bonds. The van der Waals surface area contributed by atoms with Gasteiger partial charge in [0, 0.05) is 35.5 Å². The van der Waals surface area contributed by atoms with Gasteiger partial charge in [0.25, 0.3) is 11.1 Å². The number of nitrogens with zero attached hydrogens (tertiary/aromatic N) is 4. The van der Waals surface area contributed by atoms with Gasteiger partial charge in [0.05, 0.1) is 5.69 Å². The molecule has 1 aromatic carbocycles. The Hall–Kier alpha value is -4.55. The minimum Gasteiger partial charge on any atom is -0.444 e. The number of nitrogens with two attached hydrogens (primary N) is 1. The average Bonchev–Trinajstić information content (AvgIpc) is 3.62. The third kappa shape index (κ3) is 6.11. The van der Waals surface area contributed by atoms with Gasteiger partial charge in [-0.15, -0.1) is 22.7 Å². The third-order valence-corrected chi connectivity index (χ3v) is 6.17. The fourth-order valence-electron chi connectivity index (χ4n) is 2.94. The van der Waals surface area contributed by atoms with Crippen LogP contribution in [-0.2, 0) is 11.3 Å². The highest BCUT2D eigenvalue weighted by molar-refractivity contribution is 7.12. The molecule has 10 nitrogen and oxygen atoms in total. The van der Waals surface area contributed by atoms with E-state index in [0.717, 1.165) is 5.56 Å². The molecule has 0 atom stereocenters. The Balaban J connectivity index is 0.000000197. The first-order valence-corrected chi connectivity index (χ1v) is 12.2. The molecule has 0 saturated heterocycles. The van der Waals surface area contributed by atoms with Crippen molar-refractivity contribution in [1.82, 2.24) is 19.1 Å². The van der Waals surface area contributed by atoms with Crippen LogP contribution in [0.3, 0.4) is 0 Å². The van der Waals surface area contributed by atoms with E-state index in [1.54, 1.807) is 48.4 Å². The summed E-state index contributed by atoms with van der Waals surface area (Å²) in [6, 6.07) is 15.8. The molecule has 182 valence electrons. The van der Waals surface area contributed by atoms with E-state index in [4.69, 9.17) is 10.5 Å². The molecule has 0 radical (unpaired) electrons. The Morgan fingerprint density at radius 2 is 1.47 bits per heavy atom. The number of rotatable bonds is 5. The van der Waals surface area contributed by atoms with Crippen LogP contribution in [0.4, 0.5) is 16.2 Å². The Labute approximate surface area is 212 Å². The summed E-state index contributed by atoms with van der Waals surface area (Å²) in [6.07, 6.45) is 5.83. The van der Waals surface area contributed by atoms with E-state index in [9.17, 15) is 14.4 Å². The smallest absolute Gasteiger partial charge is 0.412 e. The van der Waals surface area contributed by atoms with Gasteiger partial charge in [0.2, 0.25) is 0 Å². The number of pyridine rings is 2. The topological polar surface area (TPSA) is 134 Å². The van der Waals surface area contributed by atoms with Crippen LogP contribution in [0.5, 0.6) is 0 Å². The molecular formula is C24H20N6O4S2. The van der Waals surface area contributed by atoms with Crippen LogP contribution < -0.4 is 22.2 Å². The second kappa shape index (κ2) is 11.7. The standard InChI is InChI=1S/C16H13N3O3S.C8H7N3OS/c20-14-13(7-4-9-19(14)15-17-8-10-23-15)18-16(21)22-11-12-5-2-1-3-6-12;9-6-2-1-4-11(7(6)12)8-10-3-5-13-8/h1-10H,11H2,(H,18,21);1-5H,9H2. The molecule has 3 N–H and O–H groups in total. The molecule has 36 heavy (non-hydrogen) atoms. The largest absolute Gasteiger partial charge is 0.444 e. The highest BCUT2D eigenvalue weighted by Crippen LogP contribution is 2.11. The van der Waals surface area contributed by atoms with Gasteiger partial charge in [-0.1, -0.05) is 30.3 Å². The number of thiazole rings is 2. The summed E-state index contributed by atoms with van der Waals surface area (Å²) in [4.78, 5) is 43.7. The number of hydrogen-bond donors (Lipinski definition) is 2. The maximum Gasteiger partial charge on any atom is 0.412 e. The zero-order valence-electron chi connectivity index (χ0n) is 18.7. The van der Waals surface area contributed by atoms with Crippen molar-refractivity contribution in [3.63, 3.8) is 0 Å². The number of anilines is 2. The lowest BCUT2D eigenvalue weighted by atomic mass is 10.2. The molecule has 4 aromatic heterocycles. The van der Waals surface area contributed by atoms with Crippen LogP contribution >= 0.6 is 22.7 Å². The van der Waals surface area contributed by atoms with E-state index in [2.05, 4.69) is 15.3 Å². The number of carbonyl (C=O) groups is 1. The van der Waals surface area contributed by atoms with E-state index in [0.29, 0.717) is 10.3 Å². The molecule has 12 heteroatoms. The first-order chi connectivity index (χ1) is 17.5. The molecule has 4 heterocycles. The van der Waals surface area contributed by atoms with Gasteiger partial charge in [-0.05, 0) is 29.8 Å². The van der Waals surface area contributed by atoms with Crippen LogP contribution in [0.1, 0.15) is 5.56 Å². The predicted molar refractivity (Wildman–Crippen MR) is 140 cm³/mol. The molecular weight excluding hydrogens is 500 g/mol. The highest BCUT2D eigenvalue weighted by Gasteiger charge is 2.10. The number of ether oxygens (including phenoxy) is 1. The minimum absolute atomic E-state index is 0.139. The summed E-state index contributed by atoms with van der Waals surface area (Å²) < 4.78 is 7.91. The number of amides is 1. The summed E-state index contributed by atoms with van der Waals surface area (Å²) >= 11 is 2.73. The van der Waals surface area contributed by atoms with Gasteiger partial charge in [-0.2, -0.15) is 0 Å². The van der Waals surface area contributed by atoms with Crippen molar-refractivity contribution in [3.05, 3.63) is 116 Å². The molecule has 0 fully saturated rings. The Kier molecular flexibility index (Phi) is 8.01. The van der Waals surface area contributed by atoms with Crippen molar-refractivity contribution in [2.75, 3.05) is 11.1 Å². The molecule has 0 bridgehead atoms. The zero-order valence-corrected chi connectivity index (χ0v) is 20.3. The van der Waals surface area contributed by atoms with Gasteiger partial charge < -0.3 is 10.5 Å². The van der Waals surface area contributed by atoms with E-state index < -0.39 is 6.09 Å². The van der Waals surface area contributed by atoms with Crippen molar-refractivity contribution in [2.24, 2.45) is 0 Å². The summed E-state index contributed by atoms with van der Waals surface area (Å²) in [6.45, 7) is 0.139. The normalized spacial score (nSPS) is 10.2. The molecule has 0 aliphatic heterocycles. The maximum absolute atomic E-state index is 12.3. The molecule has 5 rings (SSSR count). The van der Waals surface area contributed by atoms with E-state index in [1.807, 2.05) is 35.7 Å². The van der Waals surface area contributed by atoms with Crippen LogP contribution in [0.2, 0.25) is 0 Å². The van der Waals surface area contributed by atoms with Crippen LogP contribution in [0.25, 0.3) is 10.3 Å². The second-order valence-corrected chi connectivity index (χ2v) is 8.80. The number of benzene rings is 1. The quantitative estimate of drug-likeness (QED) is 0.359. The van der Waals surface area contributed by atoms with Crippen LogP contribution in [0.15, 0.2) is 99.7 Å². The van der Waals surface area contributed by atoms with Crippen molar-refractivity contribution in [2.45, 2.75) is 6.61 Å². The van der Waals surface area contributed by atoms with Crippen LogP contribution in [-0.4, -0.2) is 25.2 Å². The highest BCUT2D eigenvalue weighted by atomic mass is 32.1.